The van der Waals surface area contributed by atoms with Gasteiger partial charge >= 0.3 is 12.1 Å². The maximum absolute atomic E-state index is 12.0. The first-order valence-electron chi connectivity index (χ1n) is 9.27. The summed E-state index contributed by atoms with van der Waals surface area (Å²) in [6.07, 6.45) is -0.125. The molecule has 1 fully saturated rings. The first-order valence-corrected chi connectivity index (χ1v) is 10.8. The van der Waals surface area contributed by atoms with Gasteiger partial charge in [0.25, 0.3) is 0 Å². The molecule has 0 radical (unpaired) electrons. The van der Waals surface area contributed by atoms with Crippen LogP contribution in [-0.2, 0) is 32.7 Å². The molecule has 0 saturated heterocycles. The summed E-state index contributed by atoms with van der Waals surface area (Å²) in [4.78, 5) is 12.9. The van der Waals surface area contributed by atoms with Crippen molar-refractivity contribution in [2.24, 2.45) is 5.92 Å². The third kappa shape index (κ3) is 6.21. The molecule has 0 amide bonds. The lowest BCUT2D eigenvalue weighted by atomic mass is 10.1. The maximum atomic E-state index is 12.0. The number of ether oxygens (including phenoxy) is 1. The van der Waals surface area contributed by atoms with Crippen molar-refractivity contribution in [3.8, 4) is 11.3 Å². The molecule has 4 rings (SSSR count). The van der Waals surface area contributed by atoms with E-state index >= 15 is 0 Å². The van der Waals surface area contributed by atoms with Crippen LogP contribution in [0.25, 0.3) is 11.3 Å². The van der Waals surface area contributed by atoms with Crippen LogP contribution in [0.4, 0.5) is 13.2 Å². The maximum Gasteiger partial charge on any atom is 0.490 e. The van der Waals surface area contributed by atoms with Gasteiger partial charge in [0.05, 0.1) is 24.2 Å². The number of nitrogens with one attached hydrogen (secondary N) is 1. The number of nitrogens with zero attached hydrogens (tertiary/aromatic N) is 4. The van der Waals surface area contributed by atoms with E-state index in [4.69, 9.17) is 14.6 Å². The minimum absolute atomic E-state index is 0.0340. The molecule has 0 aromatic carbocycles. The first kappa shape index (κ1) is 23.1. The van der Waals surface area contributed by atoms with Crippen molar-refractivity contribution < 1.29 is 36.2 Å². The number of hydrogen-bond acceptors (Lipinski definition) is 7. The van der Waals surface area contributed by atoms with E-state index in [1.165, 1.54) is 0 Å². The fraction of sp³-hybridized carbons (Fsp3) is 0.529. The third-order valence-electron chi connectivity index (χ3n) is 4.59. The van der Waals surface area contributed by atoms with E-state index in [0.717, 1.165) is 29.8 Å². The number of halogens is 3. The fourth-order valence-corrected chi connectivity index (χ4v) is 4.29. The molecule has 1 saturated carbocycles. The van der Waals surface area contributed by atoms with Crippen LogP contribution < -0.4 is 4.72 Å². The summed E-state index contributed by atoms with van der Waals surface area (Å²) in [6, 6.07) is 3.77. The summed E-state index contributed by atoms with van der Waals surface area (Å²) >= 11 is 0. The van der Waals surface area contributed by atoms with Crippen molar-refractivity contribution in [1.29, 1.82) is 0 Å². The van der Waals surface area contributed by atoms with Crippen molar-refractivity contribution >= 4 is 16.0 Å². The molecule has 1 aliphatic carbocycles. The topological polar surface area (TPSA) is 136 Å². The molecule has 1 atom stereocenters. The average Bonchev–Trinajstić information content (AvgIpc) is 3.53. The van der Waals surface area contributed by atoms with Gasteiger partial charge in [-0.2, -0.15) is 13.2 Å². The molecule has 2 aromatic heterocycles. The monoisotopic (exact) mass is 463 g/mol. The number of hydrogen-bond donors (Lipinski definition) is 2. The number of fused-ring (bicyclic) bond motifs is 1. The Morgan fingerprint density at radius 3 is 2.52 bits per heavy atom. The summed E-state index contributed by atoms with van der Waals surface area (Å²) in [5.74, 6) is -2.72. The fourth-order valence-electron chi connectivity index (χ4n) is 2.83. The summed E-state index contributed by atoms with van der Waals surface area (Å²) in [7, 11) is -3.17. The van der Waals surface area contributed by atoms with Gasteiger partial charge in [-0.05, 0) is 25.0 Å². The highest BCUT2D eigenvalue weighted by atomic mass is 32.2. The number of rotatable bonds is 5. The van der Waals surface area contributed by atoms with Gasteiger partial charge in [0, 0.05) is 37.0 Å². The predicted octanol–water partition coefficient (Wildman–Crippen LogP) is 1.20. The summed E-state index contributed by atoms with van der Waals surface area (Å²) in [6.45, 7) is 1.85. The molecule has 2 N–H and O–H groups in total. The number of pyridine rings is 1. The van der Waals surface area contributed by atoms with Crippen LogP contribution in [-0.4, -0.2) is 64.0 Å². The van der Waals surface area contributed by atoms with E-state index in [-0.39, 0.29) is 11.2 Å². The Kier molecular flexibility index (Phi) is 6.91. The van der Waals surface area contributed by atoms with Crippen LogP contribution in [0.15, 0.2) is 24.5 Å². The van der Waals surface area contributed by atoms with Crippen molar-refractivity contribution in [3.05, 3.63) is 30.2 Å². The molecule has 0 bridgehead atoms. The van der Waals surface area contributed by atoms with Crippen molar-refractivity contribution in [1.82, 2.24) is 24.7 Å². The van der Waals surface area contributed by atoms with E-state index in [9.17, 15) is 21.6 Å². The van der Waals surface area contributed by atoms with E-state index < -0.39 is 22.2 Å². The Morgan fingerprint density at radius 2 is 1.94 bits per heavy atom. The Hall–Kier alpha value is -2.58. The van der Waals surface area contributed by atoms with E-state index in [0.29, 0.717) is 26.3 Å². The normalized spacial score (nSPS) is 19.0. The van der Waals surface area contributed by atoms with Gasteiger partial charge in [-0.15, -0.1) is 5.10 Å². The van der Waals surface area contributed by atoms with Crippen molar-refractivity contribution in [3.63, 3.8) is 0 Å². The highest BCUT2D eigenvalue weighted by molar-refractivity contribution is 7.90. The van der Waals surface area contributed by atoms with Crippen LogP contribution in [0.2, 0.25) is 0 Å². The predicted molar refractivity (Wildman–Crippen MR) is 100 cm³/mol. The van der Waals surface area contributed by atoms with Crippen molar-refractivity contribution in [2.45, 2.75) is 37.4 Å². The van der Waals surface area contributed by atoms with Crippen molar-refractivity contribution in [2.75, 3.05) is 13.2 Å². The Bertz CT molecular complexity index is 1010. The standard InChI is InChI=1S/C15H19N5O3S.C2HF3O2/c21-24(22,13-1-2-13)17-7-11-8-20-14(10-23-9-11)15(18-19-20)12-3-5-16-6-4-12;3-2(4,5)1(6)7/h3-6,11,13,17H,1-2,7-10H2;(H,6,7). The molecule has 0 spiro atoms. The average molecular weight is 463 g/mol. The molecule has 1 unspecified atom stereocenters. The van der Waals surface area contributed by atoms with Crippen LogP contribution in [0.1, 0.15) is 18.5 Å². The van der Waals surface area contributed by atoms with Crippen LogP contribution >= 0.6 is 0 Å². The third-order valence-corrected chi connectivity index (χ3v) is 6.51. The van der Waals surface area contributed by atoms with Crippen LogP contribution in [0.5, 0.6) is 0 Å². The molecule has 3 heterocycles. The Balaban J connectivity index is 0.000000339. The lowest BCUT2D eigenvalue weighted by Gasteiger charge is -2.14. The minimum atomic E-state index is -5.08. The van der Waals surface area contributed by atoms with Crippen LogP contribution in [0.3, 0.4) is 0 Å². The summed E-state index contributed by atoms with van der Waals surface area (Å²) < 4.78 is 65.9. The van der Waals surface area contributed by atoms with E-state index in [1.54, 1.807) is 12.4 Å². The molecule has 10 nitrogen and oxygen atoms in total. The number of aliphatic carboxylic acids is 1. The number of carboxylic acids is 1. The molecule has 170 valence electrons. The second kappa shape index (κ2) is 9.28. The number of aromatic nitrogens is 4. The SMILES string of the molecule is O=C(O)C(F)(F)F.O=S(=O)(NCC1COCc2c(-c3ccncc3)nnn2C1)C1CC1. The van der Waals surface area contributed by atoms with Crippen LogP contribution in [0, 0.1) is 5.92 Å². The van der Waals surface area contributed by atoms with Gasteiger partial charge in [-0.1, -0.05) is 5.21 Å². The lowest BCUT2D eigenvalue weighted by molar-refractivity contribution is -0.192. The smallest absolute Gasteiger partial charge is 0.475 e. The molecular weight excluding hydrogens is 443 g/mol. The van der Waals surface area contributed by atoms with Gasteiger partial charge in [-0.3, -0.25) is 4.98 Å². The molecular formula is C17H20F3N5O5S. The minimum Gasteiger partial charge on any atom is -0.475 e. The van der Waals surface area contributed by atoms with Gasteiger partial charge in [0.15, 0.2) is 0 Å². The molecule has 2 aliphatic rings. The zero-order valence-electron chi connectivity index (χ0n) is 16.1. The summed E-state index contributed by atoms with van der Waals surface area (Å²) in [5.41, 5.74) is 2.65. The number of alkyl halides is 3. The number of sulfonamides is 1. The Labute approximate surface area is 175 Å². The second-order valence-electron chi connectivity index (χ2n) is 7.08. The zero-order valence-corrected chi connectivity index (χ0v) is 16.9. The van der Waals surface area contributed by atoms with Gasteiger partial charge < -0.3 is 9.84 Å². The van der Waals surface area contributed by atoms with Gasteiger partial charge in [-0.25, -0.2) is 22.6 Å². The first-order chi connectivity index (χ1) is 14.6. The highest BCUT2D eigenvalue weighted by Gasteiger charge is 2.38. The number of carboxylic acid groups (broad SMARTS) is 1. The largest absolute Gasteiger partial charge is 0.490 e. The van der Waals surface area contributed by atoms with E-state index in [1.807, 2.05) is 16.8 Å². The zero-order chi connectivity index (χ0) is 22.6. The molecule has 14 heteroatoms. The van der Waals surface area contributed by atoms with Gasteiger partial charge in [0.1, 0.15) is 5.69 Å². The molecule has 1 aliphatic heterocycles. The highest BCUT2D eigenvalue weighted by Crippen LogP contribution is 2.28. The van der Waals surface area contributed by atoms with E-state index in [2.05, 4.69) is 20.0 Å². The lowest BCUT2D eigenvalue weighted by Crippen LogP contribution is -2.34. The van der Waals surface area contributed by atoms with Gasteiger partial charge in [0.2, 0.25) is 10.0 Å². The molecule has 31 heavy (non-hydrogen) atoms. The second-order valence-corrected chi connectivity index (χ2v) is 9.12. The summed E-state index contributed by atoms with van der Waals surface area (Å²) in [5, 5.41) is 15.4. The quantitative estimate of drug-likeness (QED) is 0.675. The number of carbonyl (C=O) groups is 1. The molecule has 2 aromatic rings. The Morgan fingerprint density at radius 1 is 1.29 bits per heavy atom.